The average Bonchev–Trinajstić information content (AvgIpc) is 3.45. The van der Waals surface area contributed by atoms with E-state index in [1.807, 2.05) is 39.1 Å². The normalized spacial score (nSPS) is 20.6. The molecule has 3 heterocycles. The maximum atomic E-state index is 14.8. The molecular formula is C33H34ClF4N9O3. The number of halogens is 5. The molecule has 0 radical (unpaired) electrons. The largest absolute Gasteiger partial charge is 0.447 e. The fourth-order valence-corrected chi connectivity index (χ4v) is 6.36. The van der Waals surface area contributed by atoms with Gasteiger partial charge in [-0.2, -0.15) is 10.2 Å². The zero-order chi connectivity index (χ0) is 36.2. The lowest BCUT2D eigenvalue weighted by atomic mass is 9.75. The summed E-state index contributed by atoms with van der Waals surface area (Å²) < 4.78 is 62.5. The van der Waals surface area contributed by atoms with Gasteiger partial charge in [-0.1, -0.05) is 62.7 Å². The first-order valence-corrected chi connectivity index (χ1v) is 16.0. The number of nitrogens with zero attached hydrogens (tertiary/aromatic N) is 6. The third-order valence-electron chi connectivity index (χ3n) is 8.52. The van der Waals surface area contributed by atoms with Crippen LogP contribution in [-0.4, -0.2) is 66.0 Å². The van der Waals surface area contributed by atoms with Crippen LogP contribution in [0.5, 0.6) is 0 Å². The second-order valence-corrected chi connectivity index (χ2v) is 14.0. The van der Waals surface area contributed by atoms with Crippen molar-refractivity contribution in [3.05, 3.63) is 83.2 Å². The minimum Gasteiger partial charge on any atom is -0.447 e. The fraction of sp³-hybridized carbons (Fsp3) is 0.394. The molecule has 2 aromatic carbocycles. The van der Waals surface area contributed by atoms with E-state index < -0.39 is 66.2 Å². The summed E-state index contributed by atoms with van der Waals surface area (Å²) in [5, 5.41) is 22.4. The molecule has 0 bridgehead atoms. The molecule has 50 heavy (non-hydrogen) atoms. The van der Waals surface area contributed by atoms with Crippen LogP contribution < -0.4 is 10.6 Å². The lowest BCUT2D eigenvalue weighted by molar-refractivity contribution is -0.134. The highest BCUT2D eigenvalue weighted by molar-refractivity contribution is 6.32. The number of aryl methyl sites for hydroxylation is 1. The van der Waals surface area contributed by atoms with Crippen molar-refractivity contribution in [3.8, 4) is 16.8 Å². The van der Waals surface area contributed by atoms with Crippen molar-refractivity contribution >= 4 is 29.6 Å². The number of nitrogens with one attached hydrogen (secondary N) is 3. The summed E-state index contributed by atoms with van der Waals surface area (Å²) in [6.45, 7) is 5.25. The molecule has 2 aromatic heterocycles. The van der Waals surface area contributed by atoms with Gasteiger partial charge in [-0.25, -0.2) is 32.0 Å². The van der Waals surface area contributed by atoms with Crippen LogP contribution in [0.3, 0.4) is 0 Å². The molecule has 0 spiro atoms. The van der Waals surface area contributed by atoms with E-state index in [1.165, 1.54) is 18.2 Å². The highest BCUT2D eigenvalue weighted by atomic mass is 35.5. The topological polar surface area (TPSA) is 143 Å². The molecule has 1 aliphatic heterocycles. The Morgan fingerprint density at radius 3 is 2.46 bits per heavy atom. The molecule has 12 nitrogen and oxygen atoms in total. The standard InChI is InChI=1S/C33H34ClF4N9O3/c1-31(2,3)16-32(21-8-5-18(6-9-21)20-13-41-45(4)14-20)28(48)46(29(39)44-32)24(15-50-30(49)43-25-12-33(25,37)38)19-7-10-22(34)23(11-19)47-27(26(35)36)40-17-42-47/h5-11,13-14,17,24-26H,12,15-16H2,1-4H3,(H2,39,44)(H,43,49)/t24-,25?,32-/m1/s1. The SMILES string of the molecule is Cn1cc(-c2ccc([C@@]3(CC(C)(C)C)NC(=N)N([C@H](COC(=O)NC4CC4(F)F)c4ccc(Cl)c(-n5ncnc5C(F)F)c4)C3=O)cc2)cn1. The zero-order valence-corrected chi connectivity index (χ0v) is 28.2. The Balaban J connectivity index is 1.40. The second kappa shape index (κ2) is 12.7. The smallest absolute Gasteiger partial charge is 0.407 e. The molecule has 2 aliphatic rings. The number of carbonyl (C=O) groups is 2. The number of carbonyl (C=O) groups excluding carboxylic acids is 2. The highest BCUT2D eigenvalue weighted by Crippen LogP contribution is 2.44. The highest BCUT2D eigenvalue weighted by Gasteiger charge is 2.58. The molecule has 4 aromatic rings. The van der Waals surface area contributed by atoms with Gasteiger partial charge in [0.2, 0.25) is 0 Å². The van der Waals surface area contributed by atoms with Crippen LogP contribution in [0, 0.1) is 10.8 Å². The first kappa shape index (κ1) is 34.9. The molecule has 264 valence electrons. The fourth-order valence-electron chi connectivity index (χ4n) is 6.16. The van der Waals surface area contributed by atoms with Crippen LogP contribution in [0.1, 0.15) is 63.0 Å². The number of alkyl halides is 4. The minimum absolute atomic E-state index is 0.0119. The third-order valence-corrected chi connectivity index (χ3v) is 8.84. The molecule has 17 heteroatoms. The Labute approximate surface area is 289 Å². The molecule has 3 N–H and O–H groups in total. The summed E-state index contributed by atoms with van der Waals surface area (Å²) in [4.78, 5) is 32.2. The maximum Gasteiger partial charge on any atom is 0.407 e. The average molecular weight is 716 g/mol. The van der Waals surface area contributed by atoms with Gasteiger partial charge in [-0.3, -0.25) is 19.8 Å². The van der Waals surface area contributed by atoms with Crippen molar-refractivity contribution < 1.29 is 31.9 Å². The molecule has 1 aliphatic carbocycles. The van der Waals surface area contributed by atoms with Gasteiger partial charge in [0.25, 0.3) is 18.3 Å². The number of rotatable bonds is 10. The second-order valence-electron chi connectivity index (χ2n) is 13.6. The molecule has 2 fully saturated rings. The molecule has 6 rings (SSSR count). The quantitative estimate of drug-likeness (QED) is 0.168. The van der Waals surface area contributed by atoms with E-state index in [4.69, 9.17) is 21.7 Å². The van der Waals surface area contributed by atoms with Crippen molar-refractivity contribution in [2.24, 2.45) is 12.5 Å². The van der Waals surface area contributed by atoms with Crippen molar-refractivity contribution in [3.63, 3.8) is 0 Å². The predicted molar refractivity (Wildman–Crippen MR) is 174 cm³/mol. The van der Waals surface area contributed by atoms with Gasteiger partial charge in [-0.15, -0.1) is 0 Å². The van der Waals surface area contributed by atoms with Gasteiger partial charge in [-0.05, 0) is 40.7 Å². The number of alkyl carbamates (subject to hydrolysis) is 1. The maximum absolute atomic E-state index is 14.8. The molecule has 1 saturated carbocycles. The zero-order valence-electron chi connectivity index (χ0n) is 27.4. The summed E-state index contributed by atoms with van der Waals surface area (Å²) in [7, 11) is 1.80. The molecule has 3 atom stereocenters. The predicted octanol–water partition coefficient (Wildman–Crippen LogP) is 6.13. The van der Waals surface area contributed by atoms with Gasteiger partial charge in [0.15, 0.2) is 11.8 Å². The summed E-state index contributed by atoms with van der Waals surface area (Å²) in [6, 6.07) is 8.90. The number of ether oxygens (including phenoxy) is 1. The van der Waals surface area contributed by atoms with Crippen LogP contribution in [0.2, 0.25) is 5.02 Å². The van der Waals surface area contributed by atoms with E-state index in [0.29, 0.717) is 5.56 Å². The Morgan fingerprint density at radius 1 is 1.16 bits per heavy atom. The molecule has 2 amide bonds. The van der Waals surface area contributed by atoms with Crippen molar-refractivity contribution in [1.29, 1.82) is 5.41 Å². The summed E-state index contributed by atoms with van der Waals surface area (Å²) in [5.74, 6) is -4.63. The number of guanidine groups is 1. The van der Waals surface area contributed by atoms with Crippen molar-refractivity contribution in [2.75, 3.05) is 6.61 Å². The number of amides is 2. The summed E-state index contributed by atoms with van der Waals surface area (Å²) in [5.41, 5.74) is 0.590. The van der Waals surface area contributed by atoms with E-state index in [9.17, 15) is 27.2 Å². The number of benzene rings is 2. The van der Waals surface area contributed by atoms with Crippen LogP contribution in [0.25, 0.3) is 16.8 Å². The van der Waals surface area contributed by atoms with Crippen molar-refractivity contribution in [1.82, 2.24) is 40.1 Å². The monoisotopic (exact) mass is 715 g/mol. The van der Waals surface area contributed by atoms with Gasteiger partial charge in [0, 0.05) is 25.2 Å². The lowest BCUT2D eigenvalue weighted by Gasteiger charge is -2.35. The number of aromatic nitrogens is 5. The van der Waals surface area contributed by atoms with Crippen LogP contribution in [-0.2, 0) is 22.1 Å². The van der Waals surface area contributed by atoms with Gasteiger partial charge >= 0.3 is 6.09 Å². The number of hydrogen-bond donors (Lipinski definition) is 3. The minimum atomic E-state index is -3.06. The van der Waals surface area contributed by atoms with Gasteiger partial charge < -0.3 is 15.4 Å². The molecular weight excluding hydrogens is 682 g/mol. The van der Waals surface area contributed by atoms with E-state index in [2.05, 4.69) is 25.8 Å². The van der Waals surface area contributed by atoms with E-state index in [1.54, 1.807) is 30.1 Å². The van der Waals surface area contributed by atoms with Crippen molar-refractivity contribution in [2.45, 2.75) is 63.6 Å². The lowest BCUT2D eigenvalue weighted by Crippen LogP contribution is -2.47. The van der Waals surface area contributed by atoms with Gasteiger partial charge in [0.1, 0.15) is 24.5 Å². The van der Waals surface area contributed by atoms with E-state index in [0.717, 1.165) is 27.0 Å². The molecule has 1 saturated heterocycles. The Morgan fingerprint density at radius 2 is 1.86 bits per heavy atom. The first-order chi connectivity index (χ1) is 23.5. The van der Waals surface area contributed by atoms with E-state index >= 15 is 0 Å². The number of hydrogen-bond acceptors (Lipinski definition) is 7. The van der Waals surface area contributed by atoms with Crippen LogP contribution in [0.4, 0.5) is 22.4 Å². The van der Waals surface area contributed by atoms with Gasteiger partial charge in [0.05, 0.1) is 22.9 Å². The first-order valence-electron chi connectivity index (χ1n) is 15.6. The van der Waals surface area contributed by atoms with E-state index in [-0.39, 0.29) is 28.7 Å². The summed E-state index contributed by atoms with van der Waals surface area (Å²) >= 11 is 6.42. The van der Waals surface area contributed by atoms with Crippen LogP contribution in [0.15, 0.2) is 61.2 Å². The third kappa shape index (κ3) is 6.75. The van der Waals surface area contributed by atoms with Crippen LogP contribution >= 0.6 is 11.6 Å². The summed E-state index contributed by atoms with van der Waals surface area (Å²) in [6.07, 6.45) is 0.0487. The Hall–Kier alpha value is -4.99. The Bertz CT molecular complexity index is 1940. The molecule has 1 unspecified atom stereocenters. The Kier molecular flexibility index (Phi) is 8.87.